The molecule has 31 heavy (non-hydrogen) atoms. The topological polar surface area (TPSA) is 76.1 Å². The molecule has 0 aromatic heterocycles. The Balaban J connectivity index is 2.02. The van der Waals surface area contributed by atoms with Gasteiger partial charge in [0.2, 0.25) is 0 Å². The van der Waals surface area contributed by atoms with Crippen molar-refractivity contribution < 1.29 is 24.2 Å². The summed E-state index contributed by atoms with van der Waals surface area (Å²) in [6.45, 7) is 5.69. The van der Waals surface area contributed by atoms with Crippen molar-refractivity contribution in [2.45, 2.75) is 26.3 Å². The molecule has 2 aromatic rings. The maximum Gasteiger partial charge on any atom is 0.295 e. The van der Waals surface area contributed by atoms with Gasteiger partial charge in [0.25, 0.3) is 11.7 Å². The van der Waals surface area contributed by atoms with E-state index in [1.54, 1.807) is 48.5 Å². The number of nitrogens with zero attached hydrogens (tertiary/aromatic N) is 1. The highest BCUT2D eigenvalue weighted by atomic mass is 35.5. The summed E-state index contributed by atoms with van der Waals surface area (Å²) in [7, 11) is 0. The van der Waals surface area contributed by atoms with Crippen LogP contribution in [0.5, 0.6) is 5.75 Å². The Morgan fingerprint density at radius 3 is 2.32 bits per heavy atom. The fourth-order valence-corrected chi connectivity index (χ4v) is 3.74. The molecule has 0 radical (unpaired) electrons. The number of ether oxygens (including phenoxy) is 2. The number of benzene rings is 2. The molecular formula is C24H26ClNO5. The number of likely N-dealkylation sites (tertiary alicyclic amines) is 1. The molecule has 0 bridgehead atoms. The Morgan fingerprint density at radius 1 is 1.03 bits per heavy atom. The number of aliphatic hydroxyl groups excluding tert-OH is 1. The molecule has 1 N–H and O–H groups in total. The molecule has 1 aliphatic rings. The van der Waals surface area contributed by atoms with Crippen LogP contribution in [0.1, 0.15) is 37.4 Å². The summed E-state index contributed by atoms with van der Waals surface area (Å²) in [5.74, 6) is -0.898. The molecule has 1 fully saturated rings. The Bertz CT molecular complexity index is 953. The van der Waals surface area contributed by atoms with Gasteiger partial charge in [-0.15, -0.1) is 0 Å². The van der Waals surface area contributed by atoms with Crippen molar-refractivity contribution in [1.82, 2.24) is 4.90 Å². The number of hydrogen-bond acceptors (Lipinski definition) is 5. The van der Waals surface area contributed by atoms with Gasteiger partial charge in [-0.3, -0.25) is 9.59 Å². The lowest BCUT2D eigenvalue weighted by atomic mass is 9.95. The van der Waals surface area contributed by atoms with E-state index < -0.39 is 17.7 Å². The fourth-order valence-electron chi connectivity index (χ4n) is 3.61. The first-order valence-corrected chi connectivity index (χ1v) is 10.7. The molecule has 0 aliphatic carbocycles. The van der Waals surface area contributed by atoms with Crippen molar-refractivity contribution in [1.29, 1.82) is 0 Å². The maximum absolute atomic E-state index is 12.9. The van der Waals surface area contributed by atoms with Crippen LogP contribution in [0.4, 0.5) is 0 Å². The number of aliphatic hydroxyl groups is 1. The monoisotopic (exact) mass is 443 g/mol. The predicted octanol–water partition coefficient (Wildman–Crippen LogP) is 4.59. The first-order valence-electron chi connectivity index (χ1n) is 10.3. The van der Waals surface area contributed by atoms with E-state index in [-0.39, 0.29) is 11.3 Å². The molecule has 0 saturated carbocycles. The lowest BCUT2D eigenvalue weighted by Crippen LogP contribution is -2.31. The summed E-state index contributed by atoms with van der Waals surface area (Å²) in [6.07, 6.45) is 0.577. The molecule has 1 amide bonds. The summed E-state index contributed by atoms with van der Waals surface area (Å²) < 4.78 is 10.8. The Kier molecular flexibility index (Phi) is 7.71. The number of halogens is 1. The van der Waals surface area contributed by atoms with Crippen LogP contribution in [0, 0.1) is 0 Å². The van der Waals surface area contributed by atoms with Crippen molar-refractivity contribution >= 4 is 29.1 Å². The van der Waals surface area contributed by atoms with E-state index in [1.165, 1.54) is 4.90 Å². The van der Waals surface area contributed by atoms with Gasteiger partial charge in [0.15, 0.2) is 0 Å². The van der Waals surface area contributed by atoms with E-state index in [4.69, 9.17) is 21.1 Å². The van der Waals surface area contributed by atoms with Gasteiger partial charge in [-0.25, -0.2) is 0 Å². The van der Waals surface area contributed by atoms with Crippen LogP contribution in [0.2, 0.25) is 5.02 Å². The van der Waals surface area contributed by atoms with Gasteiger partial charge in [-0.1, -0.05) is 23.7 Å². The normalized spacial score (nSPS) is 17.9. The second kappa shape index (κ2) is 10.5. The molecule has 2 aromatic carbocycles. The fraction of sp³-hybridized carbons (Fsp3) is 0.333. The van der Waals surface area contributed by atoms with E-state index in [9.17, 15) is 14.7 Å². The van der Waals surface area contributed by atoms with E-state index in [2.05, 4.69) is 0 Å². The van der Waals surface area contributed by atoms with Crippen LogP contribution < -0.4 is 4.74 Å². The van der Waals surface area contributed by atoms with Crippen LogP contribution >= 0.6 is 11.6 Å². The van der Waals surface area contributed by atoms with Crippen LogP contribution in [-0.2, 0) is 14.3 Å². The zero-order chi connectivity index (χ0) is 22.4. The second-order valence-electron chi connectivity index (χ2n) is 7.05. The smallest absolute Gasteiger partial charge is 0.295 e. The first kappa shape index (κ1) is 22.8. The summed E-state index contributed by atoms with van der Waals surface area (Å²) in [5.41, 5.74) is 1.20. The minimum atomic E-state index is -0.706. The van der Waals surface area contributed by atoms with Gasteiger partial charge in [0, 0.05) is 30.3 Å². The molecule has 1 atom stereocenters. The quantitative estimate of drug-likeness (QED) is 0.265. The first-order chi connectivity index (χ1) is 15.0. The predicted molar refractivity (Wildman–Crippen MR) is 119 cm³/mol. The van der Waals surface area contributed by atoms with Gasteiger partial charge in [-0.2, -0.15) is 0 Å². The number of carbonyl (C=O) groups excluding carboxylic acids is 2. The van der Waals surface area contributed by atoms with E-state index in [0.29, 0.717) is 54.7 Å². The van der Waals surface area contributed by atoms with Crippen molar-refractivity contribution in [2.75, 3.05) is 26.4 Å². The lowest BCUT2D eigenvalue weighted by Gasteiger charge is -2.25. The number of amides is 1. The summed E-state index contributed by atoms with van der Waals surface area (Å²) >= 11 is 6.03. The van der Waals surface area contributed by atoms with E-state index in [1.807, 2.05) is 13.8 Å². The number of ketones is 1. The van der Waals surface area contributed by atoms with Crippen molar-refractivity contribution in [2.24, 2.45) is 0 Å². The van der Waals surface area contributed by atoms with Crippen LogP contribution in [-0.4, -0.2) is 48.1 Å². The third kappa shape index (κ3) is 5.09. The Labute approximate surface area is 187 Å². The minimum absolute atomic E-state index is 0.0629. The molecule has 7 heteroatoms. The molecule has 1 saturated heterocycles. The van der Waals surface area contributed by atoms with Crippen LogP contribution in [0.3, 0.4) is 0 Å². The van der Waals surface area contributed by atoms with Gasteiger partial charge in [0.1, 0.15) is 11.5 Å². The van der Waals surface area contributed by atoms with Crippen LogP contribution in [0.25, 0.3) is 5.76 Å². The van der Waals surface area contributed by atoms with Crippen molar-refractivity contribution in [3.8, 4) is 5.75 Å². The SMILES string of the molecule is CCOCCCN1C(=O)C(=O)/C(=C(\O)c2ccc(OCC)cc2)C1c1ccc(Cl)cc1. The molecule has 1 heterocycles. The van der Waals surface area contributed by atoms with Gasteiger partial charge in [-0.05, 0) is 62.2 Å². The molecule has 6 nitrogen and oxygen atoms in total. The molecule has 1 unspecified atom stereocenters. The molecular weight excluding hydrogens is 418 g/mol. The Hall–Kier alpha value is -2.83. The average molecular weight is 444 g/mol. The second-order valence-corrected chi connectivity index (χ2v) is 7.49. The zero-order valence-electron chi connectivity index (χ0n) is 17.6. The van der Waals surface area contributed by atoms with Gasteiger partial charge >= 0.3 is 0 Å². The third-order valence-electron chi connectivity index (χ3n) is 5.06. The standard InChI is InChI=1S/C24H26ClNO5/c1-3-30-15-5-14-26-21(16-6-10-18(25)11-7-16)20(23(28)24(26)29)22(27)17-8-12-19(13-9-17)31-4-2/h6-13,21,27H,3-5,14-15H2,1-2H3/b22-20-. The van der Waals surface area contributed by atoms with E-state index >= 15 is 0 Å². The largest absolute Gasteiger partial charge is 0.507 e. The Morgan fingerprint density at radius 2 is 1.71 bits per heavy atom. The number of hydrogen-bond donors (Lipinski definition) is 1. The maximum atomic E-state index is 12.9. The highest BCUT2D eigenvalue weighted by Gasteiger charge is 2.45. The van der Waals surface area contributed by atoms with E-state index in [0.717, 1.165) is 0 Å². The highest BCUT2D eigenvalue weighted by molar-refractivity contribution is 6.46. The molecule has 3 rings (SSSR count). The summed E-state index contributed by atoms with van der Waals surface area (Å²) in [5, 5.41) is 11.6. The summed E-state index contributed by atoms with van der Waals surface area (Å²) in [4.78, 5) is 27.3. The average Bonchev–Trinajstić information content (AvgIpc) is 3.02. The molecule has 0 spiro atoms. The third-order valence-corrected chi connectivity index (χ3v) is 5.31. The van der Waals surface area contributed by atoms with Crippen molar-refractivity contribution in [3.63, 3.8) is 0 Å². The highest BCUT2D eigenvalue weighted by Crippen LogP contribution is 2.39. The molecule has 1 aliphatic heterocycles. The minimum Gasteiger partial charge on any atom is -0.507 e. The lowest BCUT2D eigenvalue weighted by molar-refractivity contribution is -0.140. The van der Waals surface area contributed by atoms with Crippen LogP contribution in [0.15, 0.2) is 54.1 Å². The number of rotatable bonds is 9. The molecule has 164 valence electrons. The van der Waals surface area contributed by atoms with Crippen molar-refractivity contribution in [3.05, 3.63) is 70.3 Å². The van der Waals surface area contributed by atoms with Gasteiger partial charge < -0.3 is 19.5 Å². The zero-order valence-corrected chi connectivity index (χ0v) is 18.4. The van der Waals surface area contributed by atoms with Gasteiger partial charge in [0.05, 0.1) is 18.2 Å². The number of carbonyl (C=O) groups is 2. The number of Topliss-reactive ketones (excluding diaryl/α,β-unsaturated/α-hetero) is 1. The summed E-state index contributed by atoms with van der Waals surface area (Å²) in [6, 6.07) is 13.0.